The summed E-state index contributed by atoms with van der Waals surface area (Å²) in [6.07, 6.45) is 0.798. The Hall–Kier alpha value is -1.69. The molecule has 2 rings (SSSR count). The summed E-state index contributed by atoms with van der Waals surface area (Å²) in [4.78, 5) is 14.2. The Morgan fingerprint density at radius 1 is 1.33 bits per heavy atom. The summed E-state index contributed by atoms with van der Waals surface area (Å²) >= 11 is 0. The molecule has 0 aromatic carbocycles. The van der Waals surface area contributed by atoms with Crippen LogP contribution in [-0.2, 0) is 16.0 Å². The summed E-state index contributed by atoms with van der Waals surface area (Å²) in [5, 5.41) is 11.3. The van der Waals surface area contributed by atoms with E-state index < -0.39 is 5.41 Å². The fraction of sp³-hybridized carbons (Fsp3) is 0.667. The average Bonchev–Trinajstić information content (AvgIpc) is 2.47. The predicted molar refractivity (Wildman–Crippen MR) is 82.5 cm³/mol. The van der Waals surface area contributed by atoms with Gasteiger partial charge in [-0.2, -0.15) is 0 Å². The van der Waals surface area contributed by atoms with Crippen LogP contribution in [0.2, 0.25) is 0 Å². The van der Waals surface area contributed by atoms with Gasteiger partial charge in [0.1, 0.15) is 0 Å². The highest BCUT2D eigenvalue weighted by Crippen LogP contribution is 2.22. The van der Waals surface area contributed by atoms with Crippen molar-refractivity contribution in [1.82, 2.24) is 10.2 Å². The van der Waals surface area contributed by atoms with E-state index in [4.69, 9.17) is 4.74 Å². The van der Waals surface area contributed by atoms with E-state index in [0.717, 1.165) is 30.9 Å². The summed E-state index contributed by atoms with van der Waals surface area (Å²) in [5.74, 6) is 1.36. The molecule has 6 heteroatoms. The van der Waals surface area contributed by atoms with Gasteiger partial charge in [-0.05, 0) is 12.5 Å². The highest BCUT2D eigenvalue weighted by Gasteiger charge is 2.23. The van der Waals surface area contributed by atoms with E-state index in [1.807, 2.05) is 33.8 Å². The van der Waals surface area contributed by atoms with Gasteiger partial charge in [0, 0.05) is 24.1 Å². The highest BCUT2D eigenvalue weighted by atomic mass is 16.5. The van der Waals surface area contributed by atoms with Crippen LogP contribution in [0.25, 0.3) is 0 Å². The molecule has 1 saturated heterocycles. The van der Waals surface area contributed by atoms with Crippen LogP contribution in [0.3, 0.4) is 0 Å². The first kappa shape index (κ1) is 15.7. The minimum absolute atomic E-state index is 0.0503. The highest BCUT2D eigenvalue weighted by molar-refractivity contribution is 5.94. The number of morpholine rings is 1. The Balaban J connectivity index is 2.18. The van der Waals surface area contributed by atoms with Gasteiger partial charge in [0.2, 0.25) is 5.91 Å². The van der Waals surface area contributed by atoms with Crippen molar-refractivity contribution in [2.75, 3.05) is 36.5 Å². The second-order valence-corrected chi connectivity index (χ2v) is 6.23. The number of anilines is 2. The monoisotopic (exact) mass is 292 g/mol. The fourth-order valence-electron chi connectivity index (χ4n) is 2.04. The molecule has 0 bridgehead atoms. The van der Waals surface area contributed by atoms with Crippen molar-refractivity contribution < 1.29 is 9.53 Å². The number of nitrogens with one attached hydrogen (secondary N) is 1. The van der Waals surface area contributed by atoms with E-state index >= 15 is 0 Å². The summed E-state index contributed by atoms with van der Waals surface area (Å²) in [6, 6.07) is 2.01. The van der Waals surface area contributed by atoms with Crippen LogP contribution in [0, 0.1) is 5.41 Å². The molecule has 1 fully saturated rings. The second-order valence-electron chi connectivity index (χ2n) is 6.23. The molecule has 116 valence electrons. The Morgan fingerprint density at radius 2 is 2.00 bits per heavy atom. The molecule has 1 aliphatic rings. The largest absolute Gasteiger partial charge is 0.378 e. The van der Waals surface area contributed by atoms with E-state index in [0.29, 0.717) is 19.0 Å². The molecule has 0 atom stereocenters. The first-order valence-corrected chi connectivity index (χ1v) is 7.42. The number of nitrogens with zero attached hydrogens (tertiary/aromatic N) is 3. The van der Waals surface area contributed by atoms with Gasteiger partial charge in [0.05, 0.1) is 13.2 Å². The smallest absolute Gasteiger partial charge is 0.230 e. The van der Waals surface area contributed by atoms with Gasteiger partial charge in [-0.25, -0.2) is 0 Å². The van der Waals surface area contributed by atoms with Crippen LogP contribution < -0.4 is 10.2 Å². The van der Waals surface area contributed by atoms with Crippen LogP contribution in [0.1, 0.15) is 33.3 Å². The topological polar surface area (TPSA) is 67.3 Å². The summed E-state index contributed by atoms with van der Waals surface area (Å²) < 4.78 is 5.34. The van der Waals surface area contributed by atoms with Crippen molar-refractivity contribution in [3.63, 3.8) is 0 Å². The third kappa shape index (κ3) is 3.91. The zero-order chi connectivity index (χ0) is 15.5. The van der Waals surface area contributed by atoms with E-state index in [2.05, 4.69) is 20.4 Å². The molecule has 0 aliphatic carbocycles. The zero-order valence-corrected chi connectivity index (χ0v) is 13.3. The molecular weight excluding hydrogens is 268 g/mol. The quantitative estimate of drug-likeness (QED) is 0.921. The van der Waals surface area contributed by atoms with E-state index in [1.54, 1.807) is 0 Å². The minimum Gasteiger partial charge on any atom is -0.378 e. The van der Waals surface area contributed by atoms with E-state index in [-0.39, 0.29) is 5.91 Å². The molecular formula is C15H24N4O2. The number of hydrogen-bond acceptors (Lipinski definition) is 5. The lowest BCUT2D eigenvalue weighted by Crippen LogP contribution is -2.37. The van der Waals surface area contributed by atoms with Crippen LogP contribution in [0.5, 0.6) is 0 Å². The van der Waals surface area contributed by atoms with Gasteiger partial charge in [-0.3, -0.25) is 4.79 Å². The molecule has 0 unspecified atom stereocenters. The summed E-state index contributed by atoms with van der Waals surface area (Å²) in [6.45, 7) is 10.8. The second kappa shape index (κ2) is 6.39. The van der Waals surface area contributed by atoms with E-state index in [1.165, 1.54) is 0 Å². The molecule has 1 aliphatic heterocycles. The van der Waals surface area contributed by atoms with Gasteiger partial charge >= 0.3 is 0 Å². The number of carbonyl (C=O) groups is 1. The Labute approximate surface area is 125 Å². The van der Waals surface area contributed by atoms with Gasteiger partial charge in [-0.15, -0.1) is 10.2 Å². The molecule has 1 amide bonds. The average molecular weight is 292 g/mol. The van der Waals surface area contributed by atoms with Gasteiger partial charge < -0.3 is 15.0 Å². The molecule has 2 heterocycles. The fourth-order valence-corrected chi connectivity index (χ4v) is 2.04. The lowest BCUT2D eigenvalue weighted by atomic mass is 9.95. The molecule has 1 N–H and O–H groups in total. The van der Waals surface area contributed by atoms with Gasteiger partial charge in [-0.1, -0.05) is 27.7 Å². The molecule has 0 radical (unpaired) electrons. The third-order valence-electron chi connectivity index (χ3n) is 3.49. The first-order valence-electron chi connectivity index (χ1n) is 7.42. The van der Waals surface area contributed by atoms with Crippen LogP contribution in [-0.4, -0.2) is 42.4 Å². The number of carbonyl (C=O) groups excluding carboxylic acids is 1. The predicted octanol–water partition coefficient (Wildman–Crippen LogP) is 1.86. The van der Waals surface area contributed by atoms with Crippen LogP contribution in [0.15, 0.2) is 6.07 Å². The van der Waals surface area contributed by atoms with Crippen LogP contribution in [0.4, 0.5) is 11.6 Å². The Morgan fingerprint density at radius 3 is 2.57 bits per heavy atom. The summed E-state index contributed by atoms with van der Waals surface area (Å²) in [5.41, 5.74) is 0.555. The SMILES string of the molecule is CCc1cc(N2CCOCC2)nnc1NC(=O)C(C)(C)C. The van der Waals surface area contributed by atoms with Gasteiger partial charge in [0.25, 0.3) is 0 Å². The Kier molecular flexibility index (Phi) is 4.77. The number of aromatic nitrogens is 2. The van der Waals surface area contributed by atoms with Crippen molar-refractivity contribution in [2.45, 2.75) is 34.1 Å². The maximum Gasteiger partial charge on any atom is 0.230 e. The third-order valence-corrected chi connectivity index (χ3v) is 3.49. The maximum atomic E-state index is 12.1. The lowest BCUT2D eigenvalue weighted by molar-refractivity contribution is -0.123. The van der Waals surface area contributed by atoms with Crippen molar-refractivity contribution in [3.8, 4) is 0 Å². The number of amides is 1. The Bertz CT molecular complexity index is 505. The summed E-state index contributed by atoms with van der Waals surface area (Å²) in [7, 11) is 0. The van der Waals surface area contributed by atoms with Crippen molar-refractivity contribution in [1.29, 1.82) is 0 Å². The van der Waals surface area contributed by atoms with Crippen molar-refractivity contribution in [2.24, 2.45) is 5.41 Å². The van der Waals surface area contributed by atoms with E-state index in [9.17, 15) is 4.79 Å². The van der Waals surface area contributed by atoms with Crippen molar-refractivity contribution >= 4 is 17.5 Å². The maximum absolute atomic E-state index is 12.1. The molecule has 0 saturated carbocycles. The molecule has 1 aromatic rings. The zero-order valence-electron chi connectivity index (χ0n) is 13.3. The van der Waals surface area contributed by atoms with Crippen molar-refractivity contribution in [3.05, 3.63) is 11.6 Å². The number of rotatable bonds is 3. The van der Waals surface area contributed by atoms with Crippen LogP contribution >= 0.6 is 0 Å². The number of ether oxygens (including phenoxy) is 1. The molecule has 6 nitrogen and oxygen atoms in total. The van der Waals surface area contributed by atoms with Gasteiger partial charge in [0.15, 0.2) is 11.6 Å². The molecule has 21 heavy (non-hydrogen) atoms. The lowest BCUT2D eigenvalue weighted by Gasteiger charge is -2.28. The standard InChI is InChI=1S/C15H24N4O2/c1-5-11-10-12(19-6-8-21-9-7-19)17-18-13(11)16-14(20)15(2,3)4/h10H,5-9H2,1-4H3,(H,16,18,20). The molecule has 1 aromatic heterocycles. The molecule has 0 spiro atoms. The number of aryl methyl sites for hydroxylation is 1. The normalized spacial score (nSPS) is 15.9. The first-order chi connectivity index (χ1) is 9.91. The number of hydrogen-bond donors (Lipinski definition) is 1. The minimum atomic E-state index is -0.449.